The third kappa shape index (κ3) is 3.08. The van der Waals surface area contributed by atoms with Gasteiger partial charge in [-0.2, -0.15) is 0 Å². The average molecular weight is 313 g/mol. The van der Waals surface area contributed by atoms with E-state index in [1.807, 2.05) is 20.8 Å². The van der Waals surface area contributed by atoms with Crippen molar-refractivity contribution in [2.24, 2.45) is 17.3 Å². The van der Waals surface area contributed by atoms with E-state index in [-0.39, 0.29) is 33.9 Å². The number of amides is 1. The molecule has 4 atom stereocenters. The van der Waals surface area contributed by atoms with Gasteiger partial charge in [-0.1, -0.05) is 20.8 Å². The van der Waals surface area contributed by atoms with E-state index in [1.54, 1.807) is 11.8 Å². The summed E-state index contributed by atoms with van der Waals surface area (Å²) in [5.74, 6) is 0.307. The molecule has 1 saturated carbocycles. The second-order valence-electron chi connectivity index (χ2n) is 7.34. The van der Waals surface area contributed by atoms with E-state index in [2.05, 4.69) is 12.2 Å². The van der Waals surface area contributed by atoms with Gasteiger partial charge in [0.05, 0.1) is 10.7 Å². The summed E-state index contributed by atoms with van der Waals surface area (Å²) in [6.07, 6.45) is 3.43. The Balaban J connectivity index is 2.05. The number of carboxylic acid groups (broad SMARTS) is 1. The van der Waals surface area contributed by atoms with Crippen LogP contribution in [0.25, 0.3) is 0 Å². The molecule has 1 saturated heterocycles. The van der Waals surface area contributed by atoms with Gasteiger partial charge in [-0.25, -0.2) is 0 Å². The monoisotopic (exact) mass is 313 g/mol. The Labute approximate surface area is 131 Å². The molecule has 0 bridgehead atoms. The molecule has 4 nitrogen and oxygen atoms in total. The second kappa shape index (κ2) is 5.82. The van der Waals surface area contributed by atoms with E-state index in [1.165, 1.54) is 0 Å². The molecule has 2 rings (SSSR count). The molecule has 0 aromatic rings. The van der Waals surface area contributed by atoms with Crippen molar-refractivity contribution >= 4 is 23.6 Å². The van der Waals surface area contributed by atoms with Crippen molar-refractivity contribution in [3.8, 4) is 0 Å². The summed E-state index contributed by atoms with van der Waals surface area (Å²) in [7, 11) is 0. The minimum absolute atomic E-state index is 0.0844. The molecular weight excluding hydrogens is 286 g/mol. The molecule has 4 unspecified atom stereocenters. The molecule has 2 N–H and O–H groups in total. The Hall–Kier alpha value is -0.710. The summed E-state index contributed by atoms with van der Waals surface area (Å²) >= 11 is 1.74. The average Bonchev–Trinajstić information content (AvgIpc) is 2.83. The van der Waals surface area contributed by atoms with Crippen LogP contribution in [0.1, 0.15) is 53.4 Å². The van der Waals surface area contributed by atoms with Crippen LogP contribution in [0.5, 0.6) is 0 Å². The number of carbonyl (C=O) groups excluding carboxylic acids is 1. The largest absolute Gasteiger partial charge is 0.481 e. The van der Waals surface area contributed by atoms with Gasteiger partial charge in [-0.15, -0.1) is 11.8 Å². The van der Waals surface area contributed by atoms with Crippen molar-refractivity contribution in [2.45, 2.75) is 64.2 Å². The van der Waals surface area contributed by atoms with Crippen LogP contribution in [0.3, 0.4) is 0 Å². The zero-order valence-electron chi connectivity index (χ0n) is 13.4. The maximum absolute atomic E-state index is 12.6. The SMILES string of the molecule is CC1C(NC(=O)C2(C)CCCS2)CCC(C(=O)O)C1(C)C. The minimum atomic E-state index is -0.713. The van der Waals surface area contributed by atoms with Gasteiger partial charge in [0.15, 0.2) is 0 Å². The summed E-state index contributed by atoms with van der Waals surface area (Å²) in [6.45, 7) is 8.13. The Bertz CT molecular complexity index is 429. The van der Waals surface area contributed by atoms with Crippen LogP contribution in [0.2, 0.25) is 0 Å². The van der Waals surface area contributed by atoms with Gasteiger partial charge < -0.3 is 10.4 Å². The number of carboxylic acids is 1. The van der Waals surface area contributed by atoms with Crippen LogP contribution in [0.4, 0.5) is 0 Å². The first-order valence-electron chi connectivity index (χ1n) is 7.86. The van der Waals surface area contributed by atoms with Gasteiger partial charge in [-0.3, -0.25) is 9.59 Å². The number of thioether (sulfide) groups is 1. The fraction of sp³-hybridized carbons (Fsp3) is 0.875. The van der Waals surface area contributed by atoms with Crippen LogP contribution in [0, 0.1) is 17.3 Å². The maximum atomic E-state index is 12.6. The predicted octanol–water partition coefficient (Wildman–Crippen LogP) is 2.91. The highest BCUT2D eigenvalue weighted by atomic mass is 32.2. The minimum Gasteiger partial charge on any atom is -0.481 e. The van der Waals surface area contributed by atoms with E-state index in [4.69, 9.17) is 0 Å². The highest BCUT2D eigenvalue weighted by Gasteiger charge is 2.48. The first-order chi connectivity index (χ1) is 9.68. The van der Waals surface area contributed by atoms with E-state index in [0.717, 1.165) is 25.0 Å². The molecule has 0 aromatic heterocycles. The summed E-state index contributed by atoms with van der Waals surface area (Å²) in [5, 5.41) is 12.6. The van der Waals surface area contributed by atoms with Gasteiger partial charge in [0, 0.05) is 6.04 Å². The predicted molar refractivity (Wildman–Crippen MR) is 85.3 cm³/mol. The first-order valence-corrected chi connectivity index (χ1v) is 8.85. The number of hydrogen-bond acceptors (Lipinski definition) is 3. The van der Waals surface area contributed by atoms with Crippen LogP contribution in [-0.2, 0) is 9.59 Å². The molecule has 21 heavy (non-hydrogen) atoms. The first kappa shape index (κ1) is 16.7. The lowest BCUT2D eigenvalue weighted by Crippen LogP contribution is -2.55. The molecule has 5 heteroatoms. The van der Waals surface area contributed by atoms with Crippen molar-refractivity contribution in [2.75, 3.05) is 5.75 Å². The molecule has 0 aromatic carbocycles. The quantitative estimate of drug-likeness (QED) is 0.841. The molecule has 120 valence electrons. The molecule has 1 amide bonds. The van der Waals surface area contributed by atoms with E-state index >= 15 is 0 Å². The standard InChI is InChI=1S/C16H27NO3S/c1-10-12(7-6-11(13(18)19)15(10,2)3)17-14(20)16(4)8-5-9-21-16/h10-12H,5-9H2,1-4H3,(H,17,20)(H,18,19). The molecular formula is C16H27NO3S. The van der Waals surface area contributed by atoms with Crippen molar-refractivity contribution in [3.05, 3.63) is 0 Å². The third-order valence-electron chi connectivity index (χ3n) is 5.76. The number of nitrogens with one attached hydrogen (secondary N) is 1. The topological polar surface area (TPSA) is 66.4 Å². The van der Waals surface area contributed by atoms with E-state index in [9.17, 15) is 14.7 Å². The van der Waals surface area contributed by atoms with Crippen LogP contribution in [0.15, 0.2) is 0 Å². The molecule has 1 aliphatic carbocycles. The number of aliphatic carboxylic acids is 1. The molecule has 2 fully saturated rings. The molecule has 0 spiro atoms. The van der Waals surface area contributed by atoms with Crippen molar-refractivity contribution in [3.63, 3.8) is 0 Å². The number of rotatable bonds is 3. The van der Waals surface area contributed by atoms with Gasteiger partial charge >= 0.3 is 5.97 Å². The molecule has 0 radical (unpaired) electrons. The lowest BCUT2D eigenvalue weighted by molar-refractivity contribution is -0.150. The van der Waals surface area contributed by atoms with E-state index < -0.39 is 5.97 Å². The zero-order chi connectivity index (χ0) is 15.8. The molecule has 1 aliphatic heterocycles. The van der Waals surface area contributed by atoms with Gasteiger partial charge in [0.25, 0.3) is 0 Å². The highest BCUT2D eigenvalue weighted by Crippen LogP contribution is 2.45. The van der Waals surface area contributed by atoms with Crippen LogP contribution < -0.4 is 5.32 Å². The number of hydrogen-bond donors (Lipinski definition) is 2. The lowest BCUT2D eigenvalue weighted by Gasteiger charge is -2.46. The van der Waals surface area contributed by atoms with Gasteiger partial charge in [0.1, 0.15) is 0 Å². The smallest absolute Gasteiger partial charge is 0.307 e. The highest BCUT2D eigenvalue weighted by molar-refractivity contribution is 8.01. The number of carbonyl (C=O) groups is 2. The summed E-state index contributed by atoms with van der Waals surface area (Å²) in [5.41, 5.74) is -0.300. The fourth-order valence-corrected chi connectivity index (χ4v) is 4.94. The van der Waals surface area contributed by atoms with Gasteiger partial charge in [-0.05, 0) is 49.7 Å². The summed E-state index contributed by atoms with van der Waals surface area (Å²) in [4.78, 5) is 24.0. The molecule has 1 heterocycles. The zero-order valence-corrected chi connectivity index (χ0v) is 14.3. The Morgan fingerprint density at radius 3 is 2.43 bits per heavy atom. The second-order valence-corrected chi connectivity index (χ2v) is 8.94. The fourth-order valence-electron chi connectivity index (χ4n) is 3.72. The van der Waals surface area contributed by atoms with E-state index in [0.29, 0.717) is 6.42 Å². The third-order valence-corrected chi connectivity index (χ3v) is 7.27. The normalized spacial score (nSPS) is 39.0. The van der Waals surface area contributed by atoms with Crippen LogP contribution in [-0.4, -0.2) is 33.5 Å². The van der Waals surface area contributed by atoms with Crippen LogP contribution >= 0.6 is 11.8 Å². The summed E-state index contributed by atoms with van der Waals surface area (Å²) < 4.78 is -0.298. The molecule has 2 aliphatic rings. The van der Waals surface area contributed by atoms with Crippen molar-refractivity contribution < 1.29 is 14.7 Å². The Kier molecular flexibility index (Phi) is 4.62. The Morgan fingerprint density at radius 2 is 1.90 bits per heavy atom. The van der Waals surface area contributed by atoms with Crippen molar-refractivity contribution in [1.82, 2.24) is 5.32 Å². The van der Waals surface area contributed by atoms with Gasteiger partial charge in [0.2, 0.25) is 5.91 Å². The maximum Gasteiger partial charge on any atom is 0.307 e. The van der Waals surface area contributed by atoms with Crippen molar-refractivity contribution in [1.29, 1.82) is 0 Å². The Morgan fingerprint density at radius 1 is 1.24 bits per heavy atom. The summed E-state index contributed by atoms with van der Waals surface area (Å²) in [6, 6.07) is 0.0844. The lowest BCUT2D eigenvalue weighted by atomic mass is 9.61.